The molecule has 0 radical (unpaired) electrons. The number of aromatic amines is 1. The molecular formula is C23H25FN4O. The average Bonchev–Trinajstić information content (AvgIpc) is 2.98. The molecule has 0 saturated carbocycles. The number of rotatable bonds is 3. The van der Waals surface area contributed by atoms with Crippen molar-refractivity contribution in [1.82, 2.24) is 15.2 Å². The number of aromatic nitrogens is 1. The third kappa shape index (κ3) is 3.43. The Morgan fingerprint density at radius 2 is 1.90 bits per heavy atom. The number of halogens is 1. The molecule has 3 aromatic rings. The van der Waals surface area contributed by atoms with Crippen LogP contribution in [0.3, 0.4) is 0 Å². The Bertz CT molecular complexity index is 1060. The number of hydrogen-bond acceptors (Lipinski definition) is 3. The number of nitrogens with zero attached hydrogens (tertiary/aromatic N) is 1. The molecule has 3 heterocycles. The highest BCUT2D eigenvalue weighted by Crippen LogP contribution is 2.34. The van der Waals surface area contributed by atoms with Crippen LogP contribution in [0.15, 0.2) is 36.4 Å². The maximum atomic E-state index is 14.0. The fraction of sp³-hybridized carbons (Fsp3) is 0.348. The van der Waals surface area contributed by atoms with Crippen molar-refractivity contribution in [2.45, 2.75) is 31.8 Å². The Kier molecular flexibility index (Phi) is 4.60. The van der Waals surface area contributed by atoms with E-state index >= 15 is 0 Å². The van der Waals surface area contributed by atoms with Gasteiger partial charge in [0, 0.05) is 35.7 Å². The molecule has 0 unspecified atom stereocenters. The monoisotopic (exact) mass is 392 g/mol. The van der Waals surface area contributed by atoms with Crippen LogP contribution in [0.2, 0.25) is 0 Å². The highest BCUT2D eigenvalue weighted by molar-refractivity contribution is 6.10. The van der Waals surface area contributed by atoms with Crippen LogP contribution in [0.5, 0.6) is 0 Å². The minimum atomic E-state index is -0.402. The van der Waals surface area contributed by atoms with Crippen molar-refractivity contribution in [3.8, 4) is 11.3 Å². The molecule has 29 heavy (non-hydrogen) atoms. The lowest BCUT2D eigenvalue weighted by Gasteiger charge is -2.30. The van der Waals surface area contributed by atoms with Crippen molar-refractivity contribution in [2.24, 2.45) is 5.73 Å². The molecular weight excluding hydrogens is 367 g/mol. The first-order valence-corrected chi connectivity index (χ1v) is 10.3. The maximum absolute atomic E-state index is 14.0. The number of amides is 1. The van der Waals surface area contributed by atoms with Crippen molar-refractivity contribution < 1.29 is 9.18 Å². The largest absolute Gasteiger partial charge is 0.354 e. The van der Waals surface area contributed by atoms with Crippen LogP contribution in [0.4, 0.5) is 4.39 Å². The molecule has 5 rings (SSSR count). The van der Waals surface area contributed by atoms with E-state index in [4.69, 9.17) is 5.73 Å². The van der Waals surface area contributed by atoms with E-state index in [1.54, 1.807) is 0 Å². The number of nitrogens with one attached hydrogen (secondary N) is 2. The third-order valence-electron chi connectivity index (χ3n) is 6.15. The van der Waals surface area contributed by atoms with Crippen molar-refractivity contribution in [3.05, 3.63) is 58.9 Å². The second-order valence-electron chi connectivity index (χ2n) is 8.17. The van der Waals surface area contributed by atoms with Crippen molar-refractivity contribution in [2.75, 3.05) is 19.6 Å². The fourth-order valence-electron chi connectivity index (χ4n) is 4.58. The van der Waals surface area contributed by atoms with Gasteiger partial charge in [-0.3, -0.25) is 9.69 Å². The van der Waals surface area contributed by atoms with Gasteiger partial charge in [-0.1, -0.05) is 24.3 Å². The summed E-state index contributed by atoms with van der Waals surface area (Å²) in [6.07, 6.45) is 2.83. The molecule has 0 atom stereocenters. The summed E-state index contributed by atoms with van der Waals surface area (Å²) in [5, 5.41) is 3.71. The highest BCUT2D eigenvalue weighted by Gasteiger charge is 2.23. The van der Waals surface area contributed by atoms with E-state index in [9.17, 15) is 9.18 Å². The summed E-state index contributed by atoms with van der Waals surface area (Å²) in [4.78, 5) is 18.1. The number of nitrogens with two attached hydrogens (primary N) is 1. The van der Waals surface area contributed by atoms with Crippen LogP contribution in [0, 0.1) is 5.82 Å². The number of hydrogen-bond donors (Lipinski definition) is 3. The van der Waals surface area contributed by atoms with Crippen molar-refractivity contribution in [1.29, 1.82) is 0 Å². The molecule has 2 aliphatic heterocycles. The maximum Gasteiger partial charge on any atom is 0.252 e. The molecule has 2 aromatic carbocycles. The summed E-state index contributed by atoms with van der Waals surface area (Å²) in [6.45, 7) is 3.57. The third-order valence-corrected chi connectivity index (χ3v) is 6.15. The molecule has 1 fully saturated rings. The number of likely N-dealkylation sites (tertiary alicyclic amines) is 1. The van der Waals surface area contributed by atoms with E-state index in [0.717, 1.165) is 61.1 Å². The molecule has 0 spiro atoms. The van der Waals surface area contributed by atoms with Gasteiger partial charge in [-0.25, -0.2) is 4.39 Å². The molecule has 1 saturated heterocycles. The average molecular weight is 392 g/mol. The molecule has 150 valence electrons. The number of H-pyrrole nitrogens is 1. The van der Waals surface area contributed by atoms with Gasteiger partial charge in [0.05, 0.1) is 5.56 Å². The van der Waals surface area contributed by atoms with Crippen LogP contribution in [0.1, 0.15) is 34.3 Å². The quantitative estimate of drug-likeness (QED) is 0.641. The van der Waals surface area contributed by atoms with Crippen molar-refractivity contribution in [3.63, 3.8) is 0 Å². The second kappa shape index (κ2) is 7.28. The summed E-state index contributed by atoms with van der Waals surface area (Å²) in [7, 11) is 0. The summed E-state index contributed by atoms with van der Waals surface area (Å²) >= 11 is 0. The normalized spacial score (nSPS) is 18.1. The Balaban J connectivity index is 1.47. The van der Waals surface area contributed by atoms with Crippen LogP contribution < -0.4 is 11.1 Å². The number of carbonyl (C=O) groups excluding carboxylic acids is 1. The van der Waals surface area contributed by atoms with E-state index in [2.05, 4.69) is 39.5 Å². The van der Waals surface area contributed by atoms with Crippen LogP contribution >= 0.6 is 0 Å². The summed E-state index contributed by atoms with van der Waals surface area (Å²) in [5.74, 6) is -0.615. The van der Waals surface area contributed by atoms with Gasteiger partial charge in [0.1, 0.15) is 5.82 Å². The second-order valence-corrected chi connectivity index (χ2v) is 8.17. The molecule has 2 aliphatic rings. The lowest BCUT2D eigenvalue weighted by Crippen LogP contribution is -2.39. The van der Waals surface area contributed by atoms with Gasteiger partial charge in [-0.05, 0) is 61.2 Å². The first-order valence-electron chi connectivity index (χ1n) is 10.3. The molecule has 1 amide bonds. The summed E-state index contributed by atoms with van der Waals surface area (Å²) < 4.78 is 14.0. The number of piperidine rings is 1. The fourth-order valence-corrected chi connectivity index (χ4v) is 4.58. The molecule has 5 nitrogen and oxygen atoms in total. The SMILES string of the molecule is NC1CCN(Cc2ccc(-c3[nH]c4cc(F)cc5c4c3CCNC5=O)cc2)CC1. The minimum absolute atomic E-state index is 0.213. The Morgan fingerprint density at radius 3 is 2.66 bits per heavy atom. The molecule has 6 heteroatoms. The van der Waals surface area contributed by atoms with Gasteiger partial charge in [0.25, 0.3) is 5.91 Å². The van der Waals surface area contributed by atoms with E-state index in [1.807, 2.05) is 0 Å². The summed E-state index contributed by atoms with van der Waals surface area (Å²) in [6, 6.07) is 11.7. The van der Waals surface area contributed by atoms with Crippen LogP contribution in [-0.2, 0) is 13.0 Å². The van der Waals surface area contributed by atoms with Gasteiger partial charge >= 0.3 is 0 Å². The molecule has 0 aliphatic carbocycles. The van der Waals surface area contributed by atoms with Crippen LogP contribution in [0.25, 0.3) is 22.2 Å². The van der Waals surface area contributed by atoms with Gasteiger partial charge in [0.15, 0.2) is 0 Å². The zero-order chi connectivity index (χ0) is 20.0. The minimum Gasteiger partial charge on any atom is -0.354 e. The smallest absolute Gasteiger partial charge is 0.252 e. The Morgan fingerprint density at radius 1 is 1.14 bits per heavy atom. The van der Waals surface area contributed by atoms with Gasteiger partial charge in [0.2, 0.25) is 0 Å². The zero-order valence-corrected chi connectivity index (χ0v) is 16.3. The first-order chi connectivity index (χ1) is 14.1. The summed E-state index contributed by atoms with van der Waals surface area (Å²) in [5.41, 5.74) is 11.5. The van der Waals surface area contributed by atoms with Crippen molar-refractivity contribution >= 4 is 16.8 Å². The Hall–Kier alpha value is -2.70. The molecule has 0 bridgehead atoms. The zero-order valence-electron chi connectivity index (χ0n) is 16.3. The number of benzene rings is 2. The number of carbonyl (C=O) groups is 1. The first kappa shape index (κ1) is 18.3. The highest BCUT2D eigenvalue weighted by atomic mass is 19.1. The van der Waals surface area contributed by atoms with Gasteiger partial charge in [-0.2, -0.15) is 0 Å². The van der Waals surface area contributed by atoms with E-state index in [1.165, 1.54) is 17.7 Å². The van der Waals surface area contributed by atoms with E-state index < -0.39 is 5.82 Å². The topological polar surface area (TPSA) is 74.2 Å². The predicted octanol–water partition coefficient (Wildman–Crippen LogP) is 3.18. The standard InChI is InChI=1S/C23H25FN4O/c24-16-11-19-21-18(5-8-26-23(19)29)22(27-20(21)12-16)15-3-1-14(2-4-15)13-28-9-6-17(25)7-10-28/h1-4,11-12,17,27H,5-10,13,25H2,(H,26,29). The Labute approximate surface area is 169 Å². The van der Waals surface area contributed by atoms with E-state index in [-0.39, 0.29) is 5.91 Å². The lowest BCUT2D eigenvalue weighted by atomic mass is 9.99. The van der Waals surface area contributed by atoms with Gasteiger partial charge < -0.3 is 16.0 Å². The molecule has 1 aromatic heterocycles. The van der Waals surface area contributed by atoms with Crippen LogP contribution in [-0.4, -0.2) is 41.5 Å². The van der Waals surface area contributed by atoms with Gasteiger partial charge in [-0.15, -0.1) is 0 Å². The lowest BCUT2D eigenvalue weighted by molar-refractivity contribution is 0.0957. The van der Waals surface area contributed by atoms with E-state index in [0.29, 0.717) is 23.7 Å². The predicted molar refractivity (Wildman–Crippen MR) is 112 cm³/mol. The molecule has 4 N–H and O–H groups in total.